The lowest BCUT2D eigenvalue weighted by molar-refractivity contribution is 0.00984. The summed E-state index contributed by atoms with van der Waals surface area (Å²) in [6.07, 6.45) is 5.25. The van der Waals surface area contributed by atoms with Gasteiger partial charge >= 0.3 is 0 Å². The number of aryl methyl sites for hydroxylation is 1. The maximum atomic E-state index is 5.50. The van der Waals surface area contributed by atoms with Gasteiger partial charge < -0.3 is 4.74 Å². The van der Waals surface area contributed by atoms with Gasteiger partial charge in [0, 0.05) is 57.1 Å². The highest BCUT2D eigenvalue weighted by atomic mass is 16.5. The maximum Gasteiger partial charge on any atom is 0.0594 e. The van der Waals surface area contributed by atoms with Crippen LogP contribution in [0.2, 0.25) is 0 Å². The highest BCUT2D eigenvalue weighted by molar-refractivity contribution is 5.61. The molecule has 2 aliphatic rings. The minimum Gasteiger partial charge on any atom is -0.379 e. The van der Waals surface area contributed by atoms with Gasteiger partial charge in [0.25, 0.3) is 0 Å². The number of ether oxygens (including phenoxy) is 1. The zero-order valence-corrected chi connectivity index (χ0v) is 15.3. The van der Waals surface area contributed by atoms with E-state index in [2.05, 4.69) is 52.3 Å². The predicted octanol–water partition coefficient (Wildman–Crippen LogP) is 2.38. The predicted molar refractivity (Wildman–Crippen MR) is 99.3 cm³/mol. The molecule has 2 aliphatic heterocycles. The SMILES string of the molecule is C[C@@H]1[C@H](N2CCOCC2)CCN1Cc1ccc(-c2cnn(C)c2)cc1. The van der Waals surface area contributed by atoms with Crippen LogP contribution in [-0.4, -0.2) is 64.5 Å². The summed E-state index contributed by atoms with van der Waals surface area (Å²) in [6, 6.07) is 10.2. The second kappa shape index (κ2) is 7.28. The van der Waals surface area contributed by atoms with Crippen LogP contribution in [0, 0.1) is 0 Å². The molecule has 0 bridgehead atoms. The van der Waals surface area contributed by atoms with Crippen molar-refractivity contribution in [1.82, 2.24) is 19.6 Å². The largest absolute Gasteiger partial charge is 0.379 e. The minimum absolute atomic E-state index is 0.607. The molecule has 0 radical (unpaired) electrons. The lowest BCUT2D eigenvalue weighted by Gasteiger charge is -2.36. The minimum atomic E-state index is 0.607. The molecule has 3 heterocycles. The van der Waals surface area contributed by atoms with E-state index in [-0.39, 0.29) is 0 Å². The number of rotatable bonds is 4. The number of likely N-dealkylation sites (tertiary alicyclic amines) is 1. The Bertz CT molecular complexity index is 690. The van der Waals surface area contributed by atoms with Crippen molar-refractivity contribution in [3.05, 3.63) is 42.2 Å². The third-order valence-corrected chi connectivity index (χ3v) is 5.74. The van der Waals surface area contributed by atoms with Gasteiger partial charge in [-0.3, -0.25) is 14.5 Å². The summed E-state index contributed by atoms with van der Waals surface area (Å²) in [4.78, 5) is 5.25. The van der Waals surface area contributed by atoms with E-state index in [1.165, 1.54) is 29.7 Å². The topological polar surface area (TPSA) is 33.5 Å². The second-order valence-corrected chi connectivity index (χ2v) is 7.32. The smallest absolute Gasteiger partial charge is 0.0594 e. The summed E-state index contributed by atoms with van der Waals surface area (Å²) in [7, 11) is 1.96. The summed E-state index contributed by atoms with van der Waals surface area (Å²) >= 11 is 0. The van der Waals surface area contributed by atoms with Gasteiger partial charge in [-0.15, -0.1) is 0 Å². The Kier molecular flexibility index (Phi) is 4.88. The molecule has 0 aliphatic carbocycles. The number of benzene rings is 1. The molecule has 0 amide bonds. The van der Waals surface area contributed by atoms with Gasteiger partial charge in [-0.05, 0) is 24.5 Å². The Hall–Kier alpha value is -1.69. The lowest BCUT2D eigenvalue weighted by atomic mass is 10.1. The fourth-order valence-electron chi connectivity index (χ4n) is 4.21. The van der Waals surface area contributed by atoms with Gasteiger partial charge in [-0.1, -0.05) is 24.3 Å². The van der Waals surface area contributed by atoms with Gasteiger partial charge in [0.2, 0.25) is 0 Å². The molecule has 5 nitrogen and oxygen atoms in total. The Labute approximate surface area is 150 Å². The Balaban J connectivity index is 1.38. The molecule has 4 rings (SSSR count). The van der Waals surface area contributed by atoms with Crippen molar-refractivity contribution in [2.45, 2.75) is 32.0 Å². The van der Waals surface area contributed by atoms with Crippen LogP contribution in [0.15, 0.2) is 36.7 Å². The van der Waals surface area contributed by atoms with E-state index in [9.17, 15) is 0 Å². The van der Waals surface area contributed by atoms with Crippen molar-refractivity contribution in [2.75, 3.05) is 32.8 Å². The van der Waals surface area contributed by atoms with Crippen LogP contribution in [-0.2, 0) is 18.3 Å². The Morgan fingerprint density at radius 3 is 2.52 bits per heavy atom. The van der Waals surface area contributed by atoms with E-state index in [4.69, 9.17) is 4.74 Å². The van der Waals surface area contributed by atoms with Crippen molar-refractivity contribution in [3.8, 4) is 11.1 Å². The summed E-state index contributed by atoms with van der Waals surface area (Å²) in [5, 5.41) is 4.26. The third kappa shape index (κ3) is 3.64. The number of aromatic nitrogens is 2. The first-order valence-corrected chi connectivity index (χ1v) is 9.34. The first-order chi connectivity index (χ1) is 12.2. The van der Waals surface area contributed by atoms with Crippen LogP contribution in [0.25, 0.3) is 11.1 Å². The maximum absolute atomic E-state index is 5.50. The first kappa shape index (κ1) is 16.8. The van der Waals surface area contributed by atoms with E-state index in [0.717, 1.165) is 32.8 Å². The quantitative estimate of drug-likeness (QED) is 0.856. The molecule has 1 aromatic carbocycles. The van der Waals surface area contributed by atoms with E-state index >= 15 is 0 Å². The van der Waals surface area contributed by atoms with E-state index in [0.29, 0.717) is 12.1 Å². The Morgan fingerprint density at radius 1 is 1.08 bits per heavy atom. The third-order valence-electron chi connectivity index (χ3n) is 5.74. The number of hydrogen-bond acceptors (Lipinski definition) is 4. The zero-order chi connectivity index (χ0) is 17.2. The van der Waals surface area contributed by atoms with Gasteiger partial charge in [0.05, 0.1) is 19.4 Å². The molecule has 0 unspecified atom stereocenters. The summed E-state index contributed by atoms with van der Waals surface area (Å²) in [5.74, 6) is 0. The van der Waals surface area contributed by atoms with Crippen LogP contribution < -0.4 is 0 Å². The molecule has 0 saturated carbocycles. The van der Waals surface area contributed by atoms with Crippen LogP contribution in [0.1, 0.15) is 18.9 Å². The average Bonchev–Trinajstić information content (AvgIpc) is 3.23. The van der Waals surface area contributed by atoms with Crippen molar-refractivity contribution in [2.24, 2.45) is 7.05 Å². The lowest BCUT2D eigenvalue weighted by Crippen LogP contribution is -2.48. The summed E-state index contributed by atoms with van der Waals surface area (Å²) in [5.41, 5.74) is 3.80. The molecule has 134 valence electrons. The van der Waals surface area contributed by atoms with E-state index in [1.54, 1.807) is 0 Å². The monoisotopic (exact) mass is 340 g/mol. The second-order valence-electron chi connectivity index (χ2n) is 7.32. The highest BCUT2D eigenvalue weighted by Crippen LogP contribution is 2.26. The average molecular weight is 340 g/mol. The highest BCUT2D eigenvalue weighted by Gasteiger charge is 2.35. The molecule has 1 aromatic heterocycles. The molecule has 2 atom stereocenters. The van der Waals surface area contributed by atoms with Crippen LogP contribution >= 0.6 is 0 Å². The van der Waals surface area contributed by atoms with Gasteiger partial charge in [0.1, 0.15) is 0 Å². The molecule has 5 heteroatoms. The molecule has 0 N–H and O–H groups in total. The molecule has 0 spiro atoms. The standard InChI is InChI=1S/C20H28N4O/c1-16-20(23-9-11-25-12-10-23)7-8-24(16)14-17-3-5-18(6-4-17)19-13-21-22(2)15-19/h3-6,13,15-16,20H,7-12,14H2,1-2H3/t16-,20-/m1/s1. The normalized spacial score (nSPS) is 25.5. The summed E-state index contributed by atoms with van der Waals surface area (Å²) in [6.45, 7) is 8.56. The zero-order valence-electron chi connectivity index (χ0n) is 15.3. The number of morpholine rings is 1. The Morgan fingerprint density at radius 2 is 1.84 bits per heavy atom. The molecule has 2 saturated heterocycles. The molecular weight excluding hydrogens is 312 g/mol. The molecule has 2 aromatic rings. The van der Waals surface area contributed by atoms with Crippen molar-refractivity contribution in [1.29, 1.82) is 0 Å². The van der Waals surface area contributed by atoms with Gasteiger partial charge in [-0.2, -0.15) is 5.10 Å². The fraction of sp³-hybridized carbons (Fsp3) is 0.550. The number of hydrogen-bond donors (Lipinski definition) is 0. The fourth-order valence-corrected chi connectivity index (χ4v) is 4.21. The van der Waals surface area contributed by atoms with Gasteiger partial charge in [0.15, 0.2) is 0 Å². The van der Waals surface area contributed by atoms with E-state index in [1.807, 2.05) is 17.9 Å². The molecule has 2 fully saturated rings. The van der Waals surface area contributed by atoms with E-state index < -0.39 is 0 Å². The van der Waals surface area contributed by atoms with Crippen LogP contribution in [0.4, 0.5) is 0 Å². The van der Waals surface area contributed by atoms with Crippen LogP contribution in [0.3, 0.4) is 0 Å². The number of nitrogens with zero attached hydrogens (tertiary/aromatic N) is 4. The first-order valence-electron chi connectivity index (χ1n) is 9.34. The molecule has 25 heavy (non-hydrogen) atoms. The molecular formula is C20H28N4O. The van der Waals surface area contributed by atoms with Crippen molar-refractivity contribution >= 4 is 0 Å². The van der Waals surface area contributed by atoms with Crippen molar-refractivity contribution < 1.29 is 4.74 Å². The van der Waals surface area contributed by atoms with Crippen LogP contribution in [0.5, 0.6) is 0 Å². The van der Waals surface area contributed by atoms with Crippen molar-refractivity contribution in [3.63, 3.8) is 0 Å². The summed E-state index contributed by atoms with van der Waals surface area (Å²) < 4.78 is 7.35. The van der Waals surface area contributed by atoms with Gasteiger partial charge in [-0.25, -0.2) is 0 Å².